The van der Waals surface area contributed by atoms with Gasteiger partial charge in [0.1, 0.15) is 11.6 Å². The fourth-order valence-corrected chi connectivity index (χ4v) is 11.4. The number of rotatable bonds is 12. The third-order valence-corrected chi connectivity index (χ3v) is 15.8. The van der Waals surface area contributed by atoms with E-state index in [0.717, 1.165) is 109 Å². The van der Waals surface area contributed by atoms with E-state index in [1.807, 2.05) is 79.0 Å². The van der Waals surface area contributed by atoms with Crippen LogP contribution in [0.4, 0.5) is 0 Å². The second kappa shape index (κ2) is 21.8. The predicted octanol–water partition coefficient (Wildman–Crippen LogP) is 18.9. The Bertz CT molecular complexity index is 4030. The van der Waals surface area contributed by atoms with Crippen LogP contribution < -0.4 is 0 Å². The first-order valence-corrected chi connectivity index (χ1v) is 27.1. The molecule has 2 aromatic heterocycles. The van der Waals surface area contributed by atoms with Gasteiger partial charge in [0.15, 0.2) is 0 Å². The van der Waals surface area contributed by atoms with Crippen LogP contribution in [0.25, 0.3) is 95.0 Å². The quantitative estimate of drug-likeness (QED) is 0.124. The molecule has 4 nitrogen and oxygen atoms in total. The number of nitrogens with zero attached hydrogens (tertiary/aromatic N) is 3. The summed E-state index contributed by atoms with van der Waals surface area (Å²) in [6.07, 6.45) is 4.21. The zero-order valence-electron chi connectivity index (χ0n) is 46.9. The van der Waals surface area contributed by atoms with Gasteiger partial charge in [0.25, 0.3) is 0 Å². The number of phenols is 1. The van der Waals surface area contributed by atoms with E-state index in [9.17, 15) is 7.85 Å². The van der Waals surface area contributed by atoms with Crippen molar-refractivity contribution < 1.29 is 28.9 Å². The number of pyridine rings is 1. The van der Waals surface area contributed by atoms with Crippen molar-refractivity contribution in [1.29, 1.82) is 0 Å². The Morgan fingerprint density at radius 3 is 1.83 bits per heavy atom. The monoisotopic (exact) mass is 1200 g/mol. The Balaban J connectivity index is 0.00000675. The summed E-state index contributed by atoms with van der Waals surface area (Å²) in [7, 11) is 0. The molecule has 0 amide bonds. The van der Waals surface area contributed by atoms with Gasteiger partial charge in [-0.1, -0.05) is 247 Å². The van der Waals surface area contributed by atoms with Gasteiger partial charge in [-0.3, -0.25) is 9.55 Å². The van der Waals surface area contributed by atoms with Gasteiger partial charge in [-0.25, -0.2) is 4.98 Å². The average Bonchev–Trinajstić information content (AvgIpc) is 4.18. The smallest absolute Gasteiger partial charge is 0.148 e. The SMILES string of the molecule is [2H]C([2H])(c1ccc(-n2c(-c3cccc(-c4ccccc4-c4ccccc4)c3O)nc3c(-c4[c-]c(-c5cc(-c6cccc(C(C)(C)c7ccccc7)c6)ccn5)cc(C(C)(C)C)c4)cccc32)c(-c2ccccc2)c1)C1CCCC1.[Pt]. The van der Waals surface area contributed by atoms with Crippen LogP contribution in [0.15, 0.2) is 225 Å². The maximum atomic E-state index is 12.9. The molecule has 1 N–H and O–H groups in total. The molecule has 0 unspecified atom stereocenters. The summed E-state index contributed by atoms with van der Waals surface area (Å²) in [5.41, 5.74) is 18.0. The molecule has 0 saturated heterocycles. The van der Waals surface area contributed by atoms with Crippen molar-refractivity contribution in [2.75, 3.05) is 0 Å². The van der Waals surface area contributed by atoms with Crippen molar-refractivity contribution in [3.05, 3.63) is 253 Å². The Morgan fingerprint density at radius 1 is 0.526 bits per heavy atom. The van der Waals surface area contributed by atoms with Gasteiger partial charge in [0.05, 0.1) is 22.3 Å². The number of fused-ring (bicyclic) bond motifs is 1. The maximum absolute atomic E-state index is 12.9. The molecule has 5 heteroatoms. The molecule has 1 aliphatic rings. The van der Waals surface area contributed by atoms with Crippen LogP contribution in [-0.2, 0) is 38.3 Å². The zero-order chi connectivity index (χ0) is 54.5. The molecule has 1 saturated carbocycles. The number of aromatic hydroxyl groups is 1. The molecule has 388 valence electrons. The zero-order valence-corrected chi connectivity index (χ0v) is 47.1. The predicted molar refractivity (Wildman–Crippen MR) is 320 cm³/mol. The number of phenolic OH excluding ortho intramolecular Hbond substituents is 1. The average molecular weight is 1200 g/mol. The van der Waals surface area contributed by atoms with Crippen LogP contribution in [0.3, 0.4) is 0 Å². The van der Waals surface area contributed by atoms with Gasteiger partial charge < -0.3 is 5.11 Å². The molecule has 9 aromatic carbocycles. The van der Waals surface area contributed by atoms with Gasteiger partial charge in [-0.2, -0.15) is 0 Å². The van der Waals surface area contributed by atoms with Crippen LogP contribution in [-0.4, -0.2) is 19.6 Å². The molecule has 0 atom stereocenters. The van der Waals surface area contributed by atoms with E-state index in [0.29, 0.717) is 22.5 Å². The van der Waals surface area contributed by atoms with Gasteiger partial charge in [-0.15, -0.1) is 29.3 Å². The molecule has 2 heterocycles. The first-order valence-electron chi connectivity index (χ1n) is 28.1. The van der Waals surface area contributed by atoms with Crippen molar-refractivity contribution in [3.8, 4) is 89.7 Å². The second-order valence-corrected chi connectivity index (χ2v) is 22.2. The van der Waals surface area contributed by atoms with Gasteiger partial charge >= 0.3 is 0 Å². The normalized spacial score (nSPS) is 13.5. The summed E-state index contributed by atoms with van der Waals surface area (Å²) in [6.45, 7) is 11.3. The van der Waals surface area contributed by atoms with Crippen molar-refractivity contribution in [1.82, 2.24) is 14.5 Å². The third kappa shape index (κ3) is 10.2. The molecule has 1 aliphatic carbocycles. The Kier molecular flexibility index (Phi) is 13.9. The molecule has 78 heavy (non-hydrogen) atoms. The van der Waals surface area contributed by atoms with E-state index in [1.165, 1.54) is 11.1 Å². The molecule has 12 rings (SSSR count). The third-order valence-electron chi connectivity index (χ3n) is 15.8. The second-order valence-electron chi connectivity index (χ2n) is 22.2. The van der Waals surface area contributed by atoms with Gasteiger partial charge in [-0.05, 0) is 98.1 Å². The van der Waals surface area contributed by atoms with Crippen molar-refractivity contribution in [2.45, 2.75) is 77.5 Å². The first-order chi connectivity index (χ1) is 38.2. The molecular formula is C73H64N3OPt-. The van der Waals surface area contributed by atoms with Crippen LogP contribution in [0, 0.1) is 12.0 Å². The molecule has 0 aliphatic heterocycles. The number of hydrogen-bond acceptors (Lipinski definition) is 3. The largest absolute Gasteiger partial charge is 0.507 e. The molecule has 1 fully saturated rings. The Morgan fingerprint density at radius 2 is 1.10 bits per heavy atom. The van der Waals surface area contributed by atoms with Crippen LogP contribution in [0.2, 0.25) is 0 Å². The summed E-state index contributed by atoms with van der Waals surface area (Å²) >= 11 is 0. The molecule has 0 bridgehead atoms. The molecule has 0 radical (unpaired) electrons. The van der Waals surface area contributed by atoms with Gasteiger partial charge in [0, 0.05) is 52.2 Å². The number of imidazole rings is 1. The van der Waals surface area contributed by atoms with Crippen molar-refractivity contribution >= 4 is 11.0 Å². The summed E-state index contributed by atoms with van der Waals surface area (Å²) in [5.74, 6) is 0.615. The topological polar surface area (TPSA) is 50.9 Å². The van der Waals surface area contributed by atoms with E-state index < -0.39 is 6.37 Å². The summed E-state index contributed by atoms with van der Waals surface area (Å²) in [4.78, 5) is 10.7. The number of benzene rings is 9. The molecule has 0 spiro atoms. The first kappa shape index (κ1) is 49.6. The molecular weight excluding hydrogens is 1130 g/mol. The minimum atomic E-state index is -1.52. The minimum absolute atomic E-state index is 0. The van der Waals surface area contributed by atoms with E-state index in [-0.39, 0.29) is 43.6 Å². The number of hydrogen-bond donors (Lipinski definition) is 1. The van der Waals surface area contributed by atoms with Crippen LogP contribution in [0.1, 0.15) is 85.3 Å². The Hall–Kier alpha value is -7.91. The van der Waals surface area contributed by atoms with E-state index >= 15 is 0 Å². The number of para-hydroxylation sites is 2. The minimum Gasteiger partial charge on any atom is -0.507 e. The molecule has 11 aromatic rings. The van der Waals surface area contributed by atoms with E-state index in [4.69, 9.17) is 9.97 Å². The van der Waals surface area contributed by atoms with Gasteiger partial charge in [0.2, 0.25) is 0 Å². The van der Waals surface area contributed by atoms with Crippen molar-refractivity contribution in [2.24, 2.45) is 5.92 Å². The summed E-state index contributed by atoms with van der Waals surface area (Å²) in [5, 5.41) is 12.9. The fraction of sp³-hybridized carbons (Fsp3) is 0.178. The summed E-state index contributed by atoms with van der Waals surface area (Å²) in [6, 6.07) is 79.3. The maximum Gasteiger partial charge on any atom is 0.148 e. The Labute approximate surface area is 477 Å². The van der Waals surface area contributed by atoms with Crippen molar-refractivity contribution in [3.63, 3.8) is 0 Å². The van der Waals surface area contributed by atoms with E-state index in [1.54, 1.807) is 0 Å². The van der Waals surface area contributed by atoms with Crippen LogP contribution >= 0.6 is 0 Å². The van der Waals surface area contributed by atoms with E-state index in [2.05, 4.69) is 191 Å². The standard InChI is InChI=1S/C73H64N3O.Pt/c1-72(2,3)59-46-55(44-56(47-59)66-48-54(40-41-74-66)53-28-19-31-58(45-53)73(4,5)57-29-13-8-14-30-57)61-34-21-37-68-69(61)75-71(64-36-20-35-63(70(64)77)62-33-18-17-32-60(62)51-24-9-6-10-25-51)76(68)67-39-38-50(42-49-22-15-16-23-49)43-65(67)52-26-11-7-12-27-52;/h6-14,17-21,24-41,43,45-49,77H,15-16,22-23,42H2,1-5H3;/q-1;/i42D2;. The fourth-order valence-electron chi connectivity index (χ4n) is 11.4. The summed E-state index contributed by atoms with van der Waals surface area (Å²) < 4.78 is 21.3. The number of aromatic nitrogens is 3. The van der Waals surface area contributed by atoms with Crippen LogP contribution in [0.5, 0.6) is 5.75 Å².